The van der Waals surface area contributed by atoms with Crippen molar-refractivity contribution < 1.29 is 9.52 Å². The Morgan fingerprint density at radius 3 is 2.50 bits per heavy atom. The zero-order valence-corrected chi connectivity index (χ0v) is 19.0. The fourth-order valence-electron chi connectivity index (χ4n) is 4.64. The first-order chi connectivity index (χ1) is 16.6. The third-order valence-corrected chi connectivity index (χ3v) is 6.36. The topological polar surface area (TPSA) is 87.6 Å². The summed E-state index contributed by atoms with van der Waals surface area (Å²) in [6, 6.07) is 14.6. The van der Waals surface area contributed by atoms with E-state index in [2.05, 4.69) is 19.8 Å². The number of nitrogens with zero attached hydrogens (tertiary/aromatic N) is 5. The molecule has 0 bridgehead atoms. The van der Waals surface area contributed by atoms with E-state index in [1.54, 1.807) is 41.6 Å². The van der Waals surface area contributed by atoms with Gasteiger partial charge in [0.1, 0.15) is 17.3 Å². The van der Waals surface area contributed by atoms with Gasteiger partial charge in [0.25, 0.3) is 5.56 Å². The van der Waals surface area contributed by atoms with E-state index in [0.29, 0.717) is 36.7 Å². The van der Waals surface area contributed by atoms with Gasteiger partial charge >= 0.3 is 0 Å². The number of piperazine rings is 1. The van der Waals surface area contributed by atoms with Gasteiger partial charge in [-0.15, -0.1) is 0 Å². The lowest BCUT2D eigenvalue weighted by Gasteiger charge is -2.40. The van der Waals surface area contributed by atoms with E-state index in [1.165, 1.54) is 0 Å². The van der Waals surface area contributed by atoms with Crippen LogP contribution in [0.3, 0.4) is 0 Å². The molecule has 1 atom stereocenters. The van der Waals surface area contributed by atoms with Crippen molar-refractivity contribution in [1.82, 2.24) is 19.4 Å². The highest BCUT2D eigenvalue weighted by atomic mass is 16.3. The summed E-state index contributed by atoms with van der Waals surface area (Å²) >= 11 is 0. The molecular weight excluding hydrogens is 430 g/mol. The maximum Gasteiger partial charge on any atom is 0.260 e. The predicted molar refractivity (Wildman–Crippen MR) is 129 cm³/mol. The van der Waals surface area contributed by atoms with E-state index in [9.17, 15) is 9.90 Å². The number of aromatic nitrogens is 3. The molecule has 1 saturated heterocycles. The number of aryl methyl sites for hydroxylation is 1. The van der Waals surface area contributed by atoms with Gasteiger partial charge in [-0.05, 0) is 55.0 Å². The van der Waals surface area contributed by atoms with Gasteiger partial charge < -0.3 is 19.0 Å². The monoisotopic (exact) mass is 457 g/mol. The molecule has 0 unspecified atom stereocenters. The van der Waals surface area contributed by atoms with Crippen molar-refractivity contribution in [1.29, 1.82) is 0 Å². The van der Waals surface area contributed by atoms with Crippen LogP contribution < -0.4 is 10.5 Å². The molecule has 0 radical (unpaired) electrons. The molecule has 0 aromatic carbocycles. The fourth-order valence-corrected chi connectivity index (χ4v) is 4.64. The van der Waals surface area contributed by atoms with Crippen LogP contribution in [-0.4, -0.2) is 50.7 Å². The number of pyridine rings is 3. The molecule has 34 heavy (non-hydrogen) atoms. The zero-order valence-electron chi connectivity index (χ0n) is 19.0. The molecule has 1 fully saturated rings. The molecule has 8 heteroatoms. The van der Waals surface area contributed by atoms with Gasteiger partial charge in [0, 0.05) is 50.5 Å². The summed E-state index contributed by atoms with van der Waals surface area (Å²) in [6.07, 6.45) is 6.84. The molecule has 0 amide bonds. The maximum atomic E-state index is 13.8. The van der Waals surface area contributed by atoms with Crippen molar-refractivity contribution in [2.45, 2.75) is 19.5 Å². The van der Waals surface area contributed by atoms with Crippen LogP contribution in [0.5, 0.6) is 5.75 Å². The Morgan fingerprint density at radius 2 is 1.82 bits per heavy atom. The lowest BCUT2D eigenvalue weighted by atomic mass is 9.96. The molecule has 5 rings (SSSR count). The van der Waals surface area contributed by atoms with Gasteiger partial charge in [-0.25, -0.2) is 4.98 Å². The Kier molecular flexibility index (Phi) is 6.14. The normalized spacial score (nSPS) is 15.4. The maximum absolute atomic E-state index is 13.8. The fraction of sp³-hybridized carbons (Fsp3) is 0.269. The highest BCUT2D eigenvalue weighted by Gasteiger charge is 2.31. The van der Waals surface area contributed by atoms with Crippen molar-refractivity contribution in [3.8, 4) is 5.75 Å². The minimum atomic E-state index is -0.398. The van der Waals surface area contributed by atoms with Crippen LogP contribution in [0.25, 0.3) is 0 Å². The number of rotatable bonds is 6. The Balaban J connectivity index is 1.52. The lowest BCUT2D eigenvalue weighted by molar-refractivity contribution is 0.207. The van der Waals surface area contributed by atoms with Crippen molar-refractivity contribution in [3.63, 3.8) is 0 Å². The van der Waals surface area contributed by atoms with Crippen molar-refractivity contribution >= 4 is 5.82 Å². The van der Waals surface area contributed by atoms with Crippen molar-refractivity contribution in [3.05, 3.63) is 106 Å². The van der Waals surface area contributed by atoms with E-state index in [0.717, 1.165) is 24.5 Å². The van der Waals surface area contributed by atoms with E-state index >= 15 is 0 Å². The van der Waals surface area contributed by atoms with Gasteiger partial charge in [0.2, 0.25) is 0 Å². The molecule has 0 saturated carbocycles. The van der Waals surface area contributed by atoms with E-state index < -0.39 is 6.04 Å². The standard InChI is InChI=1S/C26H27N5O3/c1-19-17-22(32)24(26(33)31(19)18-21-5-4-16-34-21)25(20-7-10-27-11-8-20)30-14-12-29(13-15-30)23-6-2-3-9-28-23/h2-11,16-17,25,32H,12-15,18H2,1H3/t25-/m0/s1. The summed E-state index contributed by atoms with van der Waals surface area (Å²) in [5, 5.41) is 11.0. The molecule has 174 valence electrons. The van der Waals surface area contributed by atoms with Crippen LogP contribution in [0.15, 0.2) is 82.6 Å². The average molecular weight is 458 g/mol. The number of furan rings is 1. The second-order valence-corrected chi connectivity index (χ2v) is 8.45. The van der Waals surface area contributed by atoms with Crippen LogP contribution in [0.4, 0.5) is 5.82 Å². The second kappa shape index (κ2) is 9.52. The minimum absolute atomic E-state index is 0.00663. The Hall–Kier alpha value is -3.91. The summed E-state index contributed by atoms with van der Waals surface area (Å²) in [6.45, 7) is 5.10. The van der Waals surface area contributed by atoms with Gasteiger partial charge in [-0.2, -0.15) is 0 Å². The highest BCUT2D eigenvalue weighted by molar-refractivity contribution is 5.42. The lowest BCUT2D eigenvalue weighted by Crippen LogP contribution is -2.49. The van der Waals surface area contributed by atoms with Gasteiger partial charge in [-0.1, -0.05) is 6.07 Å². The zero-order chi connectivity index (χ0) is 23.5. The van der Waals surface area contributed by atoms with Crippen LogP contribution >= 0.6 is 0 Å². The van der Waals surface area contributed by atoms with Crippen LogP contribution in [0, 0.1) is 6.92 Å². The predicted octanol–water partition coefficient (Wildman–Crippen LogP) is 3.21. The number of aromatic hydroxyl groups is 1. The van der Waals surface area contributed by atoms with Gasteiger partial charge in [-0.3, -0.25) is 14.7 Å². The molecule has 0 spiro atoms. The summed E-state index contributed by atoms with van der Waals surface area (Å²) in [5.74, 6) is 1.64. The van der Waals surface area contributed by atoms with Gasteiger partial charge in [0.15, 0.2) is 0 Å². The molecule has 0 aliphatic carbocycles. The molecule has 1 aliphatic heterocycles. The molecule has 1 aliphatic rings. The second-order valence-electron chi connectivity index (χ2n) is 8.45. The van der Waals surface area contributed by atoms with Crippen LogP contribution in [0.1, 0.15) is 28.6 Å². The van der Waals surface area contributed by atoms with Crippen LogP contribution in [-0.2, 0) is 6.54 Å². The van der Waals surface area contributed by atoms with E-state index in [4.69, 9.17) is 4.42 Å². The summed E-state index contributed by atoms with van der Waals surface area (Å²) < 4.78 is 7.14. The largest absolute Gasteiger partial charge is 0.507 e. The Morgan fingerprint density at radius 1 is 1.03 bits per heavy atom. The number of hydrogen-bond acceptors (Lipinski definition) is 7. The highest BCUT2D eigenvalue weighted by Crippen LogP contribution is 2.33. The average Bonchev–Trinajstić information content (AvgIpc) is 3.39. The van der Waals surface area contributed by atoms with Crippen molar-refractivity contribution in [2.75, 3.05) is 31.1 Å². The molecular formula is C26H27N5O3. The SMILES string of the molecule is Cc1cc(O)c([C@H](c2ccncc2)N2CCN(c3ccccn3)CC2)c(=O)n1Cc1ccco1. The van der Waals surface area contributed by atoms with Gasteiger partial charge in [0.05, 0.1) is 24.4 Å². The molecule has 8 nitrogen and oxygen atoms in total. The first kappa shape index (κ1) is 21.9. The molecule has 5 heterocycles. The minimum Gasteiger partial charge on any atom is -0.507 e. The third-order valence-electron chi connectivity index (χ3n) is 6.36. The molecule has 1 N–H and O–H groups in total. The quantitative estimate of drug-likeness (QED) is 0.476. The Bertz CT molecular complexity index is 1280. The van der Waals surface area contributed by atoms with E-state index in [1.807, 2.05) is 43.3 Å². The van der Waals surface area contributed by atoms with E-state index in [-0.39, 0.29) is 11.3 Å². The third kappa shape index (κ3) is 4.32. The molecule has 4 aromatic heterocycles. The van der Waals surface area contributed by atoms with Crippen LogP contribution in [0.2, 0.25) is 0 Å². The summed E-state index contributed by atoms with van der Waals surface area (Å²) in [7, 11) is 0. The van der Waals surface area contributed by atoms with Crippen molar-refractivity contribution in [2.24, 2.45) is 0 Å². The molecule has 4 aromatic rings. The number of hydrogen-bond donors (Lipinski definition) is 1. The Labute approximate surface area is 197 Å². The number of anilines is 1. The smallest absolute Gasteiger partial charge is 0.260 e. The first-order valence-electron chi connectivity index (χ1n) is 11.4. The first-order valence-corrected chi connectivity index (χ1v) is 11.4. The summed E-state index contributed by atoms with van der Waals surface area (Å²) in [5.41, 5.74) is 1.75. The summed E-state index contributed by atoms with van der Waals surface area (Å²) in [4.78, 5) is 26.9.